The van der Waals surface area contributed by atoms with Crippen LogP contribution >= 0.6 is 15.9 Å². The second-order valence-electron chi connectivity index (χ2n) is 2.84. The molecule has 0 bridgehead atoms. The van der Waals surface area contributed by atoms with Crippen LogP contribution in [0.15, 0.2) is 24.3 Å². The van der Waals surface area contributed by atoms with Crippen molar-refractivity contribution in [2.45, 2.75) is 11.2 Å². The monoisotopic (exact) mass is 211 g/mol. The van der Waals surface area contributed by atoms with Gasteiger partial charge >= 0.3 is 0 Å². The predicted molar refractivity (Wildman–Crippen MR) is 51.4 cm³/mol. The third-order valence-corrected chi connectivity index (χ3v) is 2.62. The van der Waals surface area contributed by atoms with Gasteiger partial charge in [0.25, 0.3) is 0 Å². The first kappa shape index (κ1) is 7.17. The van der Waals surface area contributed by atoms with Crippen LogP contribution in [0.5, 0.6) is 0 Å². The van der Waals surface area contributed by atoms with Crippen LogP contribution in [-0.4, -0.2) is 11.4 Å². The number of alkyl halides is 1. The number of benzene rings is 1. The molecule has 0 spiro atoms. The van der Waals surface area contributed by atoms with E-state index in [2.05, 4.69) is 45.5 Å². The Balaban J connectivity index is 2.34. The van der Waals surface area contributed by atoms with E-state index in [4.69, 9.17) is 0 Å². The number of hydrogen-bond donors (Lipinski definition) is 1. The highest BCUT2D eigenvalue weighted by Crippen LogP contribution is 2.23. The van der Waals surface area contributed by atoms with Gasteiger partial charge in [0.15, 0.2) is 0 Å². The van der Waals surface area contributed by atoms with Crippen molar-refractivity contribution < 1.29 is 0 Å². The predicted octanol–water partition coefficient (Wildman–Crippen LogP) is 2.42. The van der Waals surface area contributed by atoms with Gasteiger partial charge in [-0.15, -0.1) is 0 Å². The van der Waals surface area contributed by atoms with Gasteiger partial charge in [0, 0.05) is 17.1 Å². The first-order valence-corrected chi connectivity index (χ1v) is 4.73. The Morgan fingerprint density at radius 3 is 3.09 bits per heavy atom. The molecule has 58 valence electrons. The molecule has 0 fully saturated rings. The Hall–Kier alpha value is -0.500. The van der Waals surface area contributed by atoms with Crippen LogP contribution < -0.4 is 5.32 Å². The second kappa shape index (κ2) is 2.86. The summed E-state index contributed by atoms with van der Waals surface area (Å²) >= 11 is 3.60. The summed E-state index contributed by atoms with van der Waals surface area (Å²) in [5, 5.41) is 3.37. The number of rotatable bonds is 0. The van der Waals surface area contributed by atoms with Gasteiger partial charge in [-0.05, 0) is 18.1 Å². The number of anilines is 1. The van der Waals surface area contributed by atoms with Crippen molar-refractivity contribution in [2.24, 2.45) is 0 Å². The van der Waals surface area contributed by atoms with E-state index in [0.717, 1.165) is 13.0 Å². The minimum atomic E-state index is 0.595. The lowest BCUT2D eigenvalue weighted by Crippen LogP contribution is -2.22. The van der Waals surface area contributed by atoms with E-state index in [1.54, 1.807) is 0 Å². The number of halogens is 1. The minimum absolute atomic E-state index is 0.595. The van der Waals surface area contributed by atoms with Crippen molar-refractivity contribution in [3.8, 4) is 0 Å². The standard InChI is InChI=1S/C9H10BrN/c10-8-5-7-3-1-2-4-9(7)11-6-8/h1-4,8,11H,5-6H2. The van der Waals surface area contributed by atoms with E-state index < -0.39 is 0 Å². The molecule has 1 nitrogen and oxygen atoms in total. The third kappa shape index (κ3) is 1.41. The van der Waals surface area contributed by atoms with Crippen LogP contribution in [-0.2, 0) is 6.42 Å². The van der Waals surface area contributed by atoms with Gasteiger partial charge in [-0.25, -0.2) is 0 Å². The average Bonchev–Trinajstić information content (AvgIpc) is 2.04. The molecule has 11 heavy (non-hydrogen) atoms. The number of fused-ring (bicyclic) bond motifs is 1. The Morgan fingerprint density at radius 1 is 1.36 bits per heavy atom. The molecular weight excluding hydrogens is 202 g/mol. The highest BCUT2D eigenvalue weighted by molar-refractivity contribution is 9.09. The van der Waals surface area contributed by atoms with Crippen LogP contribution in [0.25, 0.3) is 0 Å². The van der Waals surface area contributed by atoms with Crippen molar-refractivity contribution in [1.29, 1.82) is 0 Å². The highest BCUT2D eigenvalue weighted by atomic mass is 79.9. The topological polar surface area (TPSA) is 12.0 Å². The molecule has 1 aromatic rings. The van der Waals surface area contributed by atoms with Gasteiger partial charge in [0.2, 0.25) is 0 Å². The summed E-state index contributed by atoms with van der Waals surface area (Å²) in [7, 11) is 0. The first-order valence-electron chi connectivity index (χ1n) is 3.82. The number of para-hydroxylation sites is 1. The lowest BCUT2D eigenvalue weighted by molar-refractivity contribution is 0.863. The zero-order chi connectivity index (χ0) is 7.68. The smallest absolute Gasteiger partial charge is 0.0373 e. The summed E-state index contributed by atoms with van der Waals surface area (Å²) in [5.41, 5.74) is 2.71. The molecule has 1 heterocycles. The molecule has 0 aromatic heterocycles. The van der Waals surface area contributed by atoms with E-state index in [9.17, 15) is 0 Å². The fraction of sp³-hybridized carbons (Fsp3) is 0.333. The summed E-state index contributed by atoms with van der Waals surface area (Å²) in [6.07, 6.45) is 1.14. The fourth-order valence-corrected chi connectivity index (χ4v) is 1.91. The van der Waals surface area contributed by atoms with Crippen LogP contribution in [0.1, 0.15) is 5.56 Å². The molecule has 2 heteroatoms. The first-order chi connectivity index (χ1) is 5.36. The van der Waals surface area contributed by atoms with Crippen molar-refractivity contribution in [2.75, 3.05) is 11.9 Å². The van der Waals surface area contributed by atoms with E-state index in [-0.39, 0.29) is 0 Å². The third-order valence-electron chi connectivity index (χ3n) is 1.97. The van der Waals surface area contributed by atoms with Crippen molar-refractivity contribution in [3.05, 3.63) is 29.8 Å². The van der Waals surface area contributed by atoms with Gasteiger partial charge < -0.3 is 5.32 Å². The summed E-state index contributed by atoms with van der Waals surface area (Å²) in [4.78, 5) is 0.595. The zero-order valence-corrected chi connectivity index (χ0v) is 7.76. The number of nitrogens with one attached hydrogen (secondary N) is 1. The Kier molecular flexibility index (Phi) is 1.86. The molecular formula is C9H10BrN. The van der Waals surface area contributed by atoms with E-state index in [0.29, 0.717) is 4.83 Å². The molecule has 1 aliphatic rings. The van der Waals surface area contributed by atoms with Crippen LogP contribution in [0.3, 0.4) is 0 Å². The van der Waals surface area contributed by atoms with Crippen molar-refractivity contribution in [1.82, 2.24) is 0 Å². The summed E-state index contributed by atoms with van der Waals surface area (Å²) in [6.45, 7) is 1.04. The summed E-state index contributed by atoms with van der Waals surface area (Å²) < 4.78 is 0. The summed E-state index contributed by atoms with van der Waals surface area (Å²) in [6, 6.07) is 8.47. The van der Waals surface area contributed by atoms with Gasteiger partial charge in [0.05, 0.1) is 0 Å². The van der Waals surface area contributed by atoms with Crippen LogP contribution in [0.4, 0.5) is 5.69 Å². The molecule has 0 amide bonds. The molecule has 1 atom stereocenters. The van der Waals surface area contributed by atoms with Gasteiger partial charge in [-0.3, -0.25) is 0 Å². The van der Waals surface area contributed by atoms with Gasteiger partial charge in [-0.1, -0.05) is 34.1 Å². The molecule has 0 saturated carbocycles. The quantitative estimate of drug-likeness (QED) is 0.651. The highest BCUT2D eigenvalue weighted by Gasteiger charge is 2.13. The van der Waals surface area contributed by atoms with Crippen LogP contribution in [0, 0.1) is 0 Å². The van der Waals surface area contributed by atoms with E-state index >= 15 is 0 Å². The maximum atomic E-state index is 3.60. The van der Waals surface area contributed by atoms with Crippen molar-refractivity contribution >= 4 is 21.6 Å². The molecule has 0 radical (unpaired) electrons. The van der Waals surface area contributed by atoms with Crippen LogP contribution in [0.2, 0.25) is 0 Å². The lowest BCUT2D eigenvalue weighted by atomic mass is 10.0. The minimum Gasteiger partial charge on any atom is -0.384 e. The molecule has 1 aromatic carbocycles. The normalized spacial score (nSPS) is 22.1. The zero-order valence-electron chi connectivity index (χ0n) is 6.18. The Morgan fingerprint density at radius 2 is 2.18 bits per heavy atom. The second-order valence-corrected chi connectivity index (χ2v) is 4.13. The molecule has 1 aliphatic heterocycles. The van der Waals surface area contributed by atoms with Crippen molar-refractivity contribution in [3.63, 3.8) is 0 Å². The largest absolute Gasteiger partial charge is 0.384 e. The molecule has 1 unspecified atom stereocenters. The SMILES string of the molecule is BrC1CNc2ccccc2C1. The summed E-state index contributed by atoms with van der Waals surface area (Å²) in [5.74, 6) is 0. The van der Waals surface area contributed by atoms with Gasteiger partial charge in [0.1, 0.15) is 0 Å². The average molecular weight is 212 g/mol. The molecule has 1 N–H and O–H groups in total. The maximum Gasteiger partial charge on any atom is 0.0373 e. The van der Waals surface area contributed by atoms with E-state index in [1.807, 2.05) is 0 Å². The molecule has 0 aliphatic carbocycles. The fourth-order valence-electron chi connectivity index (χ4n) is 1.40. The Bertz CT molecular complexity index is 259. The number of hydrogen-bond acceptors (Lipinski definition) is 1. The maximum absolute atomic E-state index is 3.60. The molecule has 2 rings (SSSR count). The van der Waals surface area contributed by atoms with E-state index in [1.165, 1.54) is 11.3 Å². The van der Waals surface area contributed by atoms with Gasteiger partial charge in [-0.2, -0.15) is 0 Å². The lowest BCUT2D eigenvalue weighted by Gasteiger charge is -2.21. The Labute approximate surface area is 74.9 Å². The molecule has 0 saturated heterocycles.